The number of aliphatic imine (C=N–C) groups is 1. The molecule has 3 aromatic rings. The molecular formula is C37H50Cl2N8O5S. The number of piperidine rings is 2. The van der Waals surface area contributed by atoms with Gasteiger partial charge in [-0.05, 0) is 95.4 Å². The number of nitrogens with zero attached hydrogens (tertiary/aromatic N) is 4. The van der Waals surface area contributed by atoms with Gasteiger partial charge in [0.2, 0.25) is 21.8 Å². The molecule has 2 amide bonds. The van der Waals surface area contributed by atoms with Crippen molar-refractivity contribution in [2.24, 2.45) is 34.0 Å². The first-order valence-corrected chi connectivity index (χ1v) is 20.2. The van der Waals surface area contributed by atoms with Gasteiger partial charge >= 0.3 is 0 Å². The Hall–Kier alpha value is -3.69. The predicted octanol–water partition coefficient (Wildman–Crippen LogP) is 4.34. The third-order valence-corrected chi connectivity index (χ3v) is 12.8. The molecule has 0 radical (unpaired) electrons. The summed E-state index contributed by atoms with van der Waals surface area (Å²) < 4.78 is 36.2. The van der Waals surface area contributed by atoms with E-state index >= 15 is 0 Å². The molecule has 0 spiro atoms. The van der Waals surface area contributed by atoms with Crippen molar-refractivity contribution >= 4 is 61.9 Å². The quantitative estimate of drug-likeness (QED) is 0.111. The first-order chi connectivity index (χ1) is 25.1. The second-order valence-electron chi connectivity index (χ2n) is 14.5. The SMILES string of the molecule is Cc1ccc2cccc(OCc3c(Cl)ccc(S(=O)(=O)NC(C)(C)C(=O)N4CCC(C5CCN(C(=O)C(N)CCCN=C(N)N)CC5)CC4)c3Cl)c2n1. The monoisotopic (exact) mass is 788 g/mol. The smallest absolute Gasteiger partial charge is 0.243 e. The number of ether oxygens (including phenoxy) is 1. The largest absolute Gasteiger partial charge is 0.487 e. The summed E-state index contributed by atoms with van der Waals surface area (Å²) in [4.78, 5) is 38.5. The number of pyridine rings is 1. The number of carbonyl (C=O) groups excluding carboxylic acids is 2. The highest BCUT2D eigenvalue weighted by Crippen LogP contribution is 2.36. The molecule has 288 valence electrons. The van der Waals surface area contributed by atoms with Crippen LogP contribution in [0.5, 0.6) is 5.75 Å². The van der Waals surface area contributed by atoms with Gasteiger partial charge in [-0.15, -0.1) is 0 Å². The summed E-state index contributed by atoms with van der Waals surface area (Å²) in [5.74, 6) is 1.02. The van der Waals surface area contributed by atoms with Crippen LogP contribution in [-0.2, 0) is 26.2 Å². The minimum atomic E-state index is -4.26. The van der Waals surface area contributed by atoms with Gasteiger partial charge < -0.3 is 31.7 Å². The number of nitrogens with two attached hydrogens (primary N) is 3. The molecule has 3 heterocycles. The van der Waals surface area contributed by atoms with Gasteiger partial charge in [0.1, 0.15) is 28.3 Å². The van der Waals surface area contributed by atoms with E-state index in [0.29, 0.717) is 74.2 Å². The van der Waals surface area contributed by atoms with Crippen molar-refractivity contribution in [3.05, 3.63) is 63.8 Å². The second kappa shape index (κ2) is 17.2. The molecule has 0 saturated carbocycles. The molecule has 16 heteroatoms. The average Bonchev–Trinajstić information content (AvgIpc) is 3.12. The highest BCUT2D eigenvalue weighted by Gasteiger charge is 2.40. The van der Waals surface area contributed by atoms with Gasteiger partial charge in [0.15, 0.2) is 5.96 Å². The second-order valence-corrected chi connectivity index (χ2v) is 16.9. The van der Waals surface area contributed by atoms with Crippen LogP contribution in [0, 0.1) is 18.8 Å². The minimum absolute atomic E-state index is 0.0258. The number of guanidine groups is 1. The van der Waals surface area contributed by atoms with Crippen LogP contribution in [0.1, 0.15) is 63.6 Å². The number of hydrogen-bond acceptors (Lipinski definition) is 8. The summed E-state index contributed by atoms with van der Waals surface area (Å²) >= 11 is 13.2. The van der Waals surface area contributed by atoms with Crippen molar-refractivity contribution in [2.45, 2.75) is 82.4 Å². The maximum absolute atomic E-state index is 13.8. The Morgan fingerprint density at radius 3 is 2.28 bits per heavy atom. The fourth-order valence-corrected chi connectivity index (χ4v) is 9.53. The Morgan fingerprint density at radius 2 is 1.64 bits per heavy atom. The van der Waals surface area contributed by atoms with Crippen LogP contribution in [0.15, 0.2) is 52.4 Å². The van der Waals surface area contributed by atoms with Crippen LogP contribution in [0.4, 0.5) is 0 Å². The first-order valence-electron chi connectivity index (χ1n) is 18.0. The summed E-state index contributed by atoms with van der Waals surface area (Å²) in [7, 11) is -4.26. The van der Waals surface area contributed by atoms with E-state index in [1.807, 2.05) is 36.1 Å². The Morgan fingerprint density at radius 1 is 1.00 bits per heavy atom. The number of nitrogens with one attached hydrogen (secondary N) is 1. The van der Waals surface area contributed by atoms with Crippen molar-refractivity contribution in [1.29, 1.82) is 0 Å². The van der Waals surface area contributed by atoms with E-state index in [9.17, 15) is 18.0 Å². The van der Waals surface area contributed by atoms with E-state index < -0.39 is 21.6 Å². The lowest BCUT2D eigenvalue weighted by Gasteiger charge is -2.42. The zero-order chi connectivity index (χ0) is 38.5. The number of amides is 2. The molecule has 2 saturated heterocycles. The van der Waals surface area contributed by atoms with Crippen LogP contribution in [0.2, 0.25) is 10.0 Å². The number of rotatable bonds is 13. The highest BCUT2D eigenvalue weighted by molar-refractivity contribution is 7.89. The standard InChI is InChI=1S/C37H50Cl2N8O5S/c1-23-9-10-26-6-4-8-30(33(26)44-23)52-22-27-28(38)11-12-31(32(27)39)53(50,51)45-37(2,3)35(49)47-20-15-25(16-21-47)24-13-18-46(19-14-24)34(48)29(40)7-5-17-43-36(41)42/h4,6,8-12,24-25,29,45H,5,7,13-22,40H2,1-3H3,(H4,41,42,43). The zero-order valence-corrected chi connectivity index (χ0v) is 32.8. The number of benzene rings is 2. The van der Waals surface area contributed by atoms with E-state index in [1.165, 1.54) is 12.1 Å². The zero-order valence-electron chi connectivity index (χ0n) is 30.5. The molecule has 2 aromatic carbocycles. The molecule has 1 unspecified atom stereocenters. The summed E-state index contributed by atoms with van der Waals surface area (Å²) in [6.45, 7) is 7.67. The van der Waals surface area contributed by atoms with Crippen molar-refractivity contribution in [3.8, 4) is 5.75 Å². The molecule has 2 aliphatic heterocycles. The van der Waals surface area contributed by atoms with Crippen molar-refractivity contribution in [2.75, 3.05) is 32.7 Å². The van der Waals surface area contributed by atoms with Crippen LogP contribution in [0.3, 0.4) is 0 Å². The fourth-order valence-electron chi connectivity index (χ4n) is 7.27. The van der Waals surface area contributed by atoms with Crippen molar-refractivity contribution < 1.29 is 22.7 Å². The molecular weight excluding hydrogens is 739 g/mol. The van der Waals surface area contributed by atoms with Gasteiger partial charge in [0.05, 0.1) is 11.1 Å². The summed E-state index contributed by atoms with van der Waals surface area (Å²) in [5, 5.41) is 1.05. The van der Waals surface area contributed by atoms with E-state index in [4.69, 9.17) is 45.1 Å². The first kappa shape index (κ1) is 40.5. The van der Waals surface area contributed by atoms with Gasteiger partial charge in [-0.25, -0.2) is 13.4 Å². The summed E-state index contributed by atoms with van der Waals surface area (Å²) in [6, 6.07) is 11.6. The van der Waals surface area contributed by atoms with Crippen LogP contribution < -0.4 is 26.7 Å². The predicted molar refractivity (Wildman–Crippen MR) is 208 cm³/mol. The van der Waals surface area contributed by atoms with E-state index in [0.717, 1.165) is 36.8 Å². The number of carbonyl (C=O) groups is 2. The molecule has 13 nitrogen and oxygen atoms in total. The number of fused-ring (bicyclic) bond motifs is 1. The normalized spacial score (nSPS) is 16.8. The van der Waals surface area contributed by atoms with Crippen molar-refractivity contribution in [3.63, 3.8) is 0 Å². The Labute approximate surface area is 321 Å². The van der Waals surface area contributed by atoms with Gasteiger partial charge in [-0.2, -0.15) is 4.72 Å². The lowest BCUT2D eigenvalue weighted by Crippen LogP contribution is -2.57. The van der Waals surface area contributed by atoms with E-state index in [2.05, 4.69) is 14.7 Å². The highest BCUT2D eigenvalue weighted by atomic mass is 35.5. The Bertz CT molecular complexity index is 1940. The summed E-state index contributed by atoms with van der Waals surface area (Å²) in [5.41, 5.74) is 17.2. The molecule has 2 aliphatic rings. The number of likely N-dealkylation sites (tertiary alicyclic amines) is 2. The lowest BCUT2D eigenvalue weighted by atomic mass is 9.78. The molecule has 0 aliphatic carbocycles. The fraction of sp³-hybridized carbons (Fsp3) is 0.514. The summed E-state index contributed by atoms with van der Waals surface area (Å²) in [6.07, 6.45) is 4.51. The lowest BCUT2D eigenvalue weighted by molar-refractivity contribution is -0.139. The van der Waals surface area contributed by atoms with Gasteiger partial charge in [-0.3, -0.25) is 14.6 Å². The molecule has 0 bridgehead atoms. The number of para-hydroxylation sites is 1. The van der Waals surface area contributed by atoms with Gasteiger partial charge in [0, 0.05) is 54.4 Å². The van der Waals surface area contributed by atoms with Crippen molar-refractivity contribution in [1.82, 2.24) is 19.5 Å². The number of hydrogen-bond donors (Lipinski definition) is 4. The Balaban J connectivity index is 1.15. The van der Waals surface area contributed by atoms with Crippen LogP contribution >= 0.6 is 23.2 Å². The molecule has 2 fully saturated rings. The van der Waals surface area contributed by atoms with E-state index in [-0.39, 0.29) is 39.3 Å². The van der Waals surface area contributed by atoms with Crippen LogP contribution in [0.25, 0.3) is 10.9 Å². The third kappa shape index (κ3) is 9.90. The number of sulfonamides is 1. The number of aryl methyl sites for hydroxylation is 1. The van der Waals surface area contributed by atoms with E-state index in [1.54, 1.807) is 24.8 Å². The average molecular weight is 790 g/mol. The molecule has 1 aromatic heterocycles. The molecule has 1 atom stereocenters. The topological polar surface area (TPSA) is 199 Å². The minimum Gasteiger partial charge on any atom is -0.487 e. The number of aromatic nitrogens is 1. The molecule has 7 N–H and O–H groups in total. The molecule has 53 heavy (non-hydrogen) atoms. The maximum Gasteiger partial charge on any atom is 0.243 e. The maximum atomic E-state index is 13.8. The van der Waals surface area contributed by atoms with Gasteiger partial charge in [-0.1, -0.05) is 41.4 Å². The third-order valence-electron chi connectivity index (χ3n) is 10.2. The van der Waals surface area contributed by atoms with Crippen LogP contribution in [-0.4, -0.2) is 85.3 Å². The Kier molecular flexibility index (Phi) is 13.1. The molecule has 5 rings (SSSR count). The van der Waals surface area contributed by atoms with Gasteiger partial charge in [0.25, 0.3) is 0 Å². The number of halogens is 2.